The molecular formula is C18H22F2N2O5. The molecule has 0 aliphatic heterocycles. The van der Waals surface area contributed by atoms with Crippen LogP contribution in [0.15, 0.2) is 42.4 Å². The Morgan fingerprint density at radius 2 is 2.07 bits per heavy atom. The number of halogens is 2. The molecule has 0 unspecified atom stereocenters. The molecule has 27 heavy (non-hydrogen) atoms. The van der Waals surface area contributed by atoms with Crippen LogP contribution in [0.25, 0.3) is 0 Å². The van der Waals surface area contributed by atoms with E-state index in [0.29, 0.717) is 6.42 Å². The molecule has 1 atom stereocenters. The van der Waals surface area contributed by atoms with Gasteiger partial charge in [0.2, 0.25) is 0 Å². The zero-order valence-corrected chi connectivity index (χ0v) is 15.1. The van der Waals surface area contributed by atoms with Gasteiger partial charge in [-0.2, -0.15) is 0 Å². The molecule has 7 nitrogen and oxygen atoms in total. The molecule has 0 spiro atoms. The number of hydrogen-bond donors (Lipinski definition) is 3. The maximum absolute atomic E-state index is 13.8. The minimum Gasteiger partial charge on any atom is -0.482 e. The van der Waals surface area contributed by atoms with Crippen LogP contribution in [0.5, 0.6) is 5.75 Å². The first-order valence-corrected chi connectivity index (χ1v) is 8.02. The second-order valence-corrected chi connectivity index (χ2v) is 5.39. The minimum atomic E-state index is -0.965. The van der Waals surface area contributed by atoms with E-state index >= 15 is 0 Å². The molecule has 0 radical (unpaired) electrons. The van der Waals surface area contributed by atoms with Crippen LogP contribution in [0.3, 0.4) is 0 Å². The molecule has 148 valence electrons. The number of aliphatic hydroxyl groups is 1. The molecular weight excluding hydrogens is 362 g/mol. The van der Waals surface area contributed by atoms with Gasteiger partial charge in [0.1, 0.15) is 17.4 Å². The normalized spacial score (nSPS) is 12.1. The van der Waals surface area contributed by atoms with Gasteiger partial charge in [0, 0.05) is 11.8 Å². The average Bonchev–Trinajstić information content (AvgIpc) is 2.62. The number of amides is 2. The highest BCUT2D eigenvalue weighted by Gasteiger charge is 2.17. The van der Waals surface area contributed by atoms with Crippen molar-refractivity contribution in [2.45, 2.75) is 19.4 Å². The molecule has 1 rings (SSSR count). The number of methoxy groups -OCH3 is 1. The van der Waals surface area contributed by atoms with E-state index in [1.54, 1.807) is 6.92 Å². The second-order valence-electron chi connectivity index (χ2n) is 5.39. The Kier molecular flexibility index (Phi) is 8.94. The van der Waals surface area contributed by atoms with Crippen LogP contribution in [-0.4, -0.2) is 37.4 Å². The highest BCUT2D eigenvalue weighted by atomic mass is 19.1. The standard InChI is InChI=1S/C18H22F2N2O5/c1-4-14(5-11(2)19)21-18(25)22-16(9-23)12-6-13(20)8-15(7-12)27-10-17(24)26-3/h5-8,16,23H,2,4,9-10H2,1,3H3,(H2,21,22,25)/b14-5+/t16-/m1/s1. The number of ether oxygens (including phenoxy) is 2. The lowest BCUT2D eigenvalue weighted by Gasteiger charge is -2.19. The van der Waals surface area contributed by atoms with Crippen molar-refractivity contribution in [3.63, 3.8) is 0 Å². The number of rotatable bonds is 9. The van der Waals surface area contributed by atoms with Crippen molar-refractivity contribution in [2.75, 3.05) is 20.3 Å². The summed E-state index contributed by atoms with van der Waals surface area (Å²) in [6.45, 7) is 3.84. The number of hydrogen-bond acceptors (Lipinski definition) is 5. The van der Waals surface area contributed by atoms with E-state index in [9.17, 15) is 23.5 Å². The molecule has 0 fully saturated rings. The van der Waals surface area contributed by atoms with Crippen LogP contribution in [0.2, 0.25) is 0 Å². The van der Waals surface area contributed by atoms with Crippen molar-refractivity contribution in [2.24, 2.45) is 0 Å². The van der Waals surface area contributed by atoms with Gasteiger partial charge in [0.05, 0.1) is 19.8 Å². The molecule has 0 aliphatic carbocycles. The zero-order valence-electron chi connectivity index (χ0n) is 15.1. The summed E-state index contributed by atoms with van der Waals surface area (Å²) in [6.07, 6.45) is 1.40. The van der Waals surface area contributed by atoms with Crippen molar-refractivity contribution in [3.05, 3.63) is 53.8 Å². The maximum Gasteiger partial charge on any atom is 0.343 e. The Morgan fingerprint density at radius 1 is 1.37 bits per heavy atom. The van der Waals surface area contributed by atoms with Crippen molar-refractivity contribution < 1.29 is 33.0 Å². The van der Waals surface area contributed by atoms with Crippen LogP contribution in [0.4, 0.5) is 13.6 Å². The van der Waals surface area contributed by atoms with Crippen LogP contribution < -0.4 is 15.4 Å². The number of aliphatic hydroxyl groups excluding tert-OH is 1. The number of nitrogens with one attached hydrogen (secondary N) is 2. The van der Waals surface area contributed by atoms with E-state index in [2.05, 4.69) is 21.9 Å². The molecule has 0 aromatic heterocycles. The lowest BCUT2D eigenvalue weighted by molar-refractivity contribution is -0.142. The number of carbonyl (C=O) groups is 2. The summed E-state index contributed by atoms with van der Waals surface area (Å²) in [5.74, 6) is -2.02. The van der Waals surface area contributed by atoms with E-state index in [1.165, 1.54) is 13.2 Å². The van der Waals surface area contributed by atoms with Gasteiger partial charge >= 0.3 is 12.0 Å². The first-order chi connectivity index (χ1) is 12.8. The predicted molar refractivity (Wildman–Crippen MR) is 94.0 cm³/mol. The fourth-order valence-electron chi connectivity index (χ4n) is 2.06. The highest BCUT2D eigenvalue weighted by molar-refractivity contribution is 5.76. The van der Waals surface area contributed by atoms with Crippen LogP contribution >= 0.6 is 0 Å². The van der Waals surface area contributed by atoms with Crippen molar-refractivity contribution >= 4 is 12.0 Å². The van der Waals surface area contributed by atoms with E-state index in [1.807, 2.05) is 0 Å². The third-order valence-corrected chi connectivity index (χ3v) is 3.35. The van der Waals surface area contributed by atoms with Gasteiger partial charge in [-0.1, -0.05) is 13.5 Å². The molecule has 2 amide bonds. The zero-order chi connectivity index (χ0) is 20.4. The summed E-state index contributed by atoms with van der Waals surface area (Å²) in [4.78, 5) is 23.2. The van der Waals surface area contributed by atoms with Gasteiger partial charge in [-0.05, 0) is 30.2 Å². The Bertz CT molecular complexity index is 722. The molecule has 0 heterocycles. The molecule has 0 aliphatic rings. The summed E-state index contributed by atoms with van der Waals surface area (Å²) in [5, 5.41) is 14.4. The third kappa shape index (κ3) is 7.87. The molecule has 9 heteroatoms. The number of carbonyl (C=O) groups excluding carboxylic acids is 2. The second kappa shape index (κ2) is 10.9. The van der Waals surface area contributed by atoms with Gasteiger partial charge in [-0.25, -0.2) is 18.4 Å². The van der Waals surface area contributed by atoms with E-state index in [-0.39, 0.29) is 17.0 Å². The van der Waals surface area contributed by atoms with Crippen molar-refractivity contribution in [1.29, 1.82) is 0 Å². The lowest BCUT2D eigenvalue weighted by Crippen LogP contribution is -2.38. The fraction of sp³-hybridized carbons (Fsp3) is 0.333. The fourth-order valence-corrected chi connectivity index (χ4v) is 2.06. The molecule has 3 N–H and O–H groups in total. The van der Waals surface area contributed by atoms with Gasteiger partial charge in [0.25, 0.3) is 0 Å². The molecule has 0 bridgehead atoms. The van der Waals surface area contributed by atoms with Crippen molar-refractivity contribution in [1.82, 2.24) is 10.6 Å². The first-order valence-electron chi connectivity index (χ1n) is 8.02. The van der Waals surface area contributed by atoms with Gasteiger partial charge in [0.15, 0.2) is 6.61 Å². The Labute approximate surface area is 155 Å². The monoisotopic (exact) mass is 384 g/mol. The average molecular weight is 384 g/mol. The smallest absolute Gasteiger partial charge is 0.343 e. The largest absolute Gasteiger partial charge is 0.482 e. The minimum absolute atomic E-state index is 0.0268. The highest BCUT2D eigenvalue weighted by Crippen LogP contribution is 2.22. The van der Waals surface area contributed by atoms with Crippen molar-refractivity contribution in [3.8, 4) is 5.75 Å². The summed E-state index contributed by atoms with van der Waals surface area (Å²) in [7, 11) is 1.18. The van der Waals surface area contributed by atoms with Gasteiger partial charge < -0.3 is 25.2 Å². The SMILES string of the molecule is C=C(F)/C=C(\CC)NC(=O)N[C@H](CO)c1cc(F)cc(OCC(=O)OC)c1. The van der Waals surface area contributed by atoms with Crippen LogP contribution in [0, 0.1) is 5.82 Å². The molecule has 0 saturated carbocycles. The third-order valence-electron chi connectivity index (χ3n) is 3.35. The molecule has 1 aromatic rings. The quantitative estimate of drug-likeness (QED) is 0.449. The number of benzene rings is 1. The topological polar surface area (TPSA) is 96.9 Å². The first kappa shape index (κ1) is 22.1. The number of allylic oxidation sites excluding steroid dienone is 3. The summed E-state index contributed by atoms with van der Waals surface area (Å²) < 4.78 is 36.2. The number of esters is 1. The maximum atomic E-state index is 13.8. The van der Waals surface area contributed by atoms with Crippen LogP contribution in [0.1, 0.15) is 24.9 Å². The van der Waals surface area contributed by atoms with E-state index in [4.69, 9.17) is 4.74 Å². The van der Waals surface area contributed by atoms with Gasteiger partial charge in [-0.3, -0.25) is 0 Å². The summed E-state index contributed by atoms with van der Waals surface area (Å²) in [6, 6.07) is 1.84. The Hall–Kier alpha value is -2.94. The lowest BCUT2D eigenvalue weighted by atomic mass is 10.1. The van der Waals surface area contributed by atoms with E-state index < -0.39 is 42.9 Å². The number of urea groups is 1. The molecule has 0 saturated heterocycles. The van der Waals surface area contributed by atoms with Crippen LogP contribution in [-0.2, 0) is 9.53 Å². The predicted octanol–water partition coefficient (Wildman–Crippen LogP) is 2.49. The Morgan fingerprint density at radius 3 is 2.63 bits per heavy atom. The summed E-state index contributed by atoms with van der Waals surface area (Å²) >= 11 is 0. The Balaban J connectivity index is 2.88. The van der Waals surface area contributed by atoms with E-state index in [0.717, 1.165) is 18.2 Å². The summed E-state index contributed by atoms with van der Waals surface area (Å²) in [5.41, 5.74) is 0.488. The van der Waals surface area contributed by atoms with Gasteiger partial charge in [-0.15, -0.1) is 0 Å². The molecule has 1 aromatic carbocycles.